The Bertz CT molecular complexity index is 646. The molecule has 0 bridgehead atoms. The standard InChI is InChI=1S/C15H15BrClN3O/c1-9(19-12-6-7-13(16)14(17)8-12)10-2-4-11(5-3-10)20-15(18)21/h2-9,19H,1H3,(H3,18,20,21). The van der Waals surface area contributed by atoms with Gasteiger partial charge in [0.1, 0.15) is 0 Å². The summed E-state index contributed by atoms with van der Waals surface area (Å²) < 4.78 is 0.865. The monoisotopic (exact) mass is 367 g/mol. The fourth-order valence-electron chi connectivity index (χ4n) is 1.92. The van der Waals surface area contributed by atoms with E-state index in [1.165, 1.54) is 0 Å². The van der Waals surface area contributed by atoms with Crippen molar-refractivity contribution in [3.05, 3.63) is 57.5 Å². The highest BCUT2D eigenvalue weighted by Gasteiger charge is 2.07. The fourth-order valence-corrected chi connectivity index (χ4v) is 2.34. The van der Waals surface area contributed by atoms with Gasteiger partial charge in [-0.2, -0.15) is 0 Å². The van der Waals surface area contributed by atoms with Gasteiger partial charge in [0.15, 0.2) is 0 Å². The van der Waals surface area contributed by atoms with E-state index in [1.807, 2.05) is 49.4 Å². The number of nitrogens with two attached hydrogens (primary N) is 1. The van der Waals surface area contributed by atoms with Gasteiger partial charge < -0.3 is 16.4 Å². The maximum absolute atomic E-state index is 10.8. The molecule has 4 N–H and O–H groups in total. The van der Waals surface area contributed by atoms with Crippen molar-refractivity contribution < 1.29 is 4.79 Å². The largest absolute Gasteiger partial charge is 0.378 e. The van der Waals surface area contributed by atoms with E-state index in [4.69, 9.17) is 17.3 Å². The highest BCUT2D eigenvalue weighted by Crippen LogP contribution is 2.28. The molecule has 0 saturated carbocycles. The number of amides is 2. The van der Waals surface area contributed by atoms with Crippen LogP contribution in [0.3, 0.4) is 0 Å². The molecule has 1 atom stereocenters. The maximum Gasteiger partial charge on any atom is 0.316 e. The lowest BCUT2D eigenvalue weighted by atomic mass is 10.1. The smallest absolute Gasteiger partial charge is 0.316 e. The molecule has 2 aromatic rings. The summed E-state index contributed by atoms with van der Waals surface area (Å²) >= 11 is 9.44. The Morgan fingerprint density at radius 1 is 1.19 bits per heavy atom. The molecular weight excluding hydrogens is 354 g/mol. The molecule has 0 saturated heterocycles. The zero-order valence-electron chi connectivity index (χ0n) is 11.4. The van der Waals surface area contributed by atoms with Crippen LogP contribution in [0.2, 0.25) is 5.02 Å². The van der Waals surface area contributed by atoms with Crippen molar-refractivity contribution in [2.75, 3.05) is 10.6 Å². The molecule has 110 valence electrons. The molecule has 0 fully saturated rings. The number of rotatable bonds is 4. The highest BCUT2D eigenvalue weighted by molar-refractivity contribution is 9.10. The van der Waals surface area contributed by atoms with E-state index in [2.05, 4.69) is 26.6 Å². The Hall–Kier alpha value is -1.72. The van der Waals surface area contributed by atoms with Crippen molar-refractivity contribution >= 4 is 44.9 Å². The van der Waals surface area contributed by atoms with Crippen LogP contribution in [0.1, 0.15) is 18.5 Å². The summed E-state index contributed by atoms with van der Waals surface area (Å²) in [6.07, 6.45) is 0. The average molecular weight is 369 g/mol. The molecule has 2 aromatic carbocycles. The Labute approximate surface area is 136 Å². The number of hydrogen-bond acceptors (Lipinski definition) is 2. The van der Waals surface area contributed by atoms with Crippen LogP contribution in [-0.2, 0) is 0 Å². The molecule has 0 heterocycles. The summed E-state index contributed by atoms with van der Waals surface area (Å²) in [5.74, 6) is 0. The number of halogens is 2. The molecule has 2 amide bonds. The second-order valence-electron chi connectivity index (χ2n) is 4.61. The van der Waals surface area contributed by atoms with Crippen LogP contribution in [0.4, 0.5) is 16.2 Å². The van der Waals surface area contributed by atoms with E-state index >= 15 is 0 Å². The van der Waals surface area contributed by atoms with Gasteiger partial charge in [0.05, 0.1) is 5.02 Å². The number of carbonyl (C=O) groups is 1. The van der Waals surface area contributed by atoms with Crippen LogP contribution in [0, 0.1) is 0 Å². The zero-order chi connectivity index (χ0) is 15.4. The number of hydrogen-bond donors (Lipinski definition) is 3. The molecule has 0 radical (unpaired) electrons. The quantitative estimate of drug-likeness (QED) is 0.728. The molecule has 21 heavy (non-hydrogen) atoms. The van der Waals surface area contributed by atoms with Crippen LogP contribution in [0.15, 0.2) is 46.9 Å². The molecule has 4 nitrogen and oxygen atoms in total. The van der Waals surface area contributed by atoms with E-state index in [-0.39, 0.29) is 6.04 Å². The first-order chi connectivity index (χ1) is 9.95. The van der Waals surface area contributed by atoms with E-state index < -0.39 is 6.03 Å². The third-order valence-corrected chi connectivity index (χ3v) is 4.21. The van der Waals surface area contributed by atoms with Crippen molar-refractivity contribution in [2.45, 2.75) is 13.0 Å². The van der Waals surface area contributed by atoms with Gasteiger partial charge in [-0.05, 0) is 58.7 Å². The van der Waals surface area contributed by atoms with Crippen LogP contribution >= 0.6 is 27.5 Å². The summed E-state index contributed by atoms with van der Waals surface area (Å²) in [7, 11) is 0. The third-order valence-electron chi connectivity index (χ3n) is 2.98. The van der Waals surface area contributed by atoms with Crippen molar-refractivity contribution in [1.29, 1.82) is 0 Å². The number of nitrogens with one attached hydrogen (secondary N) is 2. The Morgan fingerprint density at radius 2 is 1.81 bits per heavy atom. The maximum atomic E-state index is 10.8. The lowest BCUT2D eigenvalue weighted by Gasteiger charge is -2.16. The molecule has 2 rings (SSSR count). The number of anilines is 2. The second kappa shape index (κ2) is 6.83. The normalized spacial score (nSPS) is 11.8. The van der Waals surface area contributed by atoms with E-state index in [0.717, 1.165) is 15.7 Å². The molecule has 0 aliphatic heterocycles. The summed E-state index contributed by atoms with van der Waals surface area (Å²) in [4.78, 5) is 10.8. The van der Waals surface area contributed by atoms with Gasteiger partial charge >= 0.3 is 6.03 Å². The Morgan fingerprint density at radius 3 is 2.38 bits per heavy atom. The van der Waals surface area contributed by atoms with Crippen LogP contribution in [0.25, 0.3) is 0 Å². The van der Waals surface area contributed by atoms with Gasteiger partial charge in [-0.3, -0.25) is 0 Å². The topological polar surface area (TPSA) is 67.2 Å². The zero-order valence-corrected chi connectivity index (χ0v) is 13.7. The summed E-state index contributed by atoms with van der Waals surface area (Å²) in [5, 5.41) is 6.56. The number of benzene rings is 2. The summed E-state index contributed by atoms with van der Waals surface area (Å²) in [6, 6.07) is 12.7. The van der Waals surface area contributed by atoms with Gasteiger partial charge in [0.2, 0.25) is 0 Å². The molecular formula is C15H15BrClN3O. The predicted octanol–water partition coefficient (Wildman–Crippen LogP) is 4.77. The van der Waals surface area contributed by atoms with Gasteiger partial charge in [-0.25, -0.2) is 4.79 Å². The van der Waals surface area contributed by atoms with E-state index in [9.17, 15) is 4.79 Å². The molecule has 0 aliphatic carbocycles. The Kier molecular flexibility index (Phi) is 5.09. The first kappa shape index (κ1) is 15.7. The SMILES string of the molecule is CC(Nc1ccc(Br)c(Cl)c1)c1ccc(NC(N)=O)cc1. The first-order valence-corrected chi connectivity index (χ1v) is 7.51. The number of urea groups is 1. The minimum Gasteiger partial charge on any atom is -0.378 e. The van der Waals surface area contributed by atoms with Crippen molar-refractivity contribution in [1.82, 2.24) is 0 Å². The van der Waals surface area contributed by atoms with Crippen molar-refractivity contribution in [3.63, 3.8) is 0 Å². The summed E-state index contributed by atoms with van der Waals surface area (Å²) in [6.45, 7) is 2.05. The van der Waals surface area contributed by atoms with E-state index in [1.54, 1.807) is 0 Å². The van der Waals surface area contributed by atoms with Gasteiger partial charge in [0.25, 0.3) is 0 Å². The minimum atomic E-state index is -0.571. The first-order valence-electron chi connectivity index (χ1n) is 6.33. The molecule has 0 aliphatic rings. The molecule has 0 spiro atoms. The highest BCUT2D eigenvalue weighted by atomic mass is 79.9. The molecule has 6 heteroatoms. The average Bonchev–Trinajstić information content (AvgIpc) is 2.43. The third kappa shape index (κ3) is 4.37. The minimum absolute atomic E-state index is 0.102. The van der Waals surface area contributed by atoms with E-state index in [0.29, 0.717) is 10.7 Å². The van der Waals surface area contributed by atoms with Crippen LogP contribution in [0.5, 0.6) is 0 Å². The van der Waals surface area contributed by atoms with Crippen LogP contribution < -0.4 is 16.4 Å². The number of carbonyl (C=O) groups excluding carboxylic acids is 1. The lowest BCUT2D eigenvalue weighted by Crippen LogP contribution is -2.19. The number of primary amides is 1. The predicted molar refractivity (Wildman–Crippen MR) is 90.8 cm³/mol. The fraction of sp³-hybridized carbons (Fsp3) is 0.133. The van der Waals surface area contributed by atoms with Crippen molar-refractivity contribution in [2.24, 2.45) is 5.73 Å². The Balaban J connectivity index is 2.07. The summed E-state index contributed by atoms with van der Waals surface area (Å²) in [5.41, 5.74) is 7.77. The molecule has 0 aromatic heterocycles. The lowest BCUT2D eigenvalue weighted by molar-refractivity contribution is 0.259. The van der Waals surface area contributed by atoms with Crippen LogP contribution in [-0.4, -0.2) is 6.03 Å². The van der Waals surface area contributed by atoms with Crippen molar-refractivity contribution in [3.8, 4) is 0 Å². The van der Waals surface area contributed by atoms with Gasteiger partial charge in [-0.1, -0.05) is 23.7 Å². The molecule has 1 unspecified atom stereocenters. The second-order valence-corrected chi connectivity index (χ2v) is 5.87. The van der Waals surface area contributed by atoms with Gasteiger partial charge in [0, 0.05) is 21.9 Å². The van der Waals surface area contributed by atoms with Gasteiger partial charge in [-0.15, -0.1) is 0 Å².